The van der Waals surface area contributed by atoms with Crippen molar-refractivity contribution in [2.75, 3.05) is 29.9 Å². The highest BCUT2D eigenvalue weighted by atomic mass is 16.5. The number of carbonyl (C=O) groups is 2. The molecule has 0 heterocycles. The van der Waals surface area contributed by atoms with Crippen LogP contribution in [-0.2, 0) is 4.79 Å². The average molecular weight is 476 g/mol. The number of amides is 3. The van der Waals surface area contributed by atoms with Gasteiger partial charge in [0.15, 0.2) is 0 Å². The summed E-state index contributed by atoms with van der Waals surface area (Å²) in [7, 11) is 0. The first-order chi connectivity index (χ1) is 17.0. The summed E-state index contributed by atoms with van der Waals surface area (Å²) >= 11 is 0. The van der Waals surface area contributed by atoms with Crippen molar-refractivity contribution in [1.82, 2.24) is 5.32 Å². The van der Waals surface area contributed by atoms with Crippen LogP contribution in [0, 0.1) is 5.92 Å². The van der Waals surface area contributed by atoms with Crippen molar-refractivity contribution in [2.24, 2.45) is 5.92 Å². The number of ether oxygens (including phenoxy) is 2. The van der Waals surface area contributed by atoms with Gasteiger partial charge in [0.1, 0.15) is 17.2 Å². The first-order valence-corrected chi connectivity index (χ1v) is 11.9. The van der Waals surface area contributed by atoms with E-state index in [2.05, 4.69) is 10.6 Å². The van der Waals surface area contributed by atoms with Gasteiger partial charge in [-0.2, -0.15) is 0 Å². The lowest BCUT2D eigenvalue weighted by Crippen LogP contribution is -2.38. The Morgan fingerprint density at radius 3 is 2.11 bits per heavy atom. The highest BCUT2D eigenvalue weighted by Crippen LogP contribution is 2.25. The Kier molecular flexibility index (Phi) is 9.54. The van der Waals surface area contributed by atoms with Crippen LogP contribution in [0.5, 0.6) is 17.2 Å². The van der Waals surface area contributed by atoms with Crippen molar-refractivity contribution in [3.63, 3.8) is 0 Å². The lowest BCUT2D eigenvalue weighted by atomic mass is 10.2. The van der Waals surface area contributed by atoms with Crippen molar-refractivity contribution in [2.45, 2.75) is 27.2 Å². The summed E-state index contributed by atoms with van der Waals surface area (Å²) in [6.07, 6.45) is 0.609. The van der Waals surface area contributed by atoms with Gasteiger partial charge in [0, 0.05) is 30.4 Å². The fourth-order valence-corrected chi connectivity index (χ4v) is 3.31. The zero-order chi connectivity index (χ0) is 25.0. The Bertz CT molecular complexity index is 1070. The number of carbonyl (C=O) groups excluding carboxylic acids is 2. The smallest absolute Gasteiger partial charge is 0.326 e. The molecule has 0 radical (unpaired) electrons. The second kappa shape index (κ2) is 13.0. The zero-order valence-corrected chi connectivity index (χ0v) is 20.5. The predicted octanol–water partition coefficient (Wildman–Crippen LogP) is 6.08. The molecule has 7 heteroatoms. The molecule has 0 aromatic heterocycles. The molecule has 3 aromatic carbocycles. The van der Waals surface area contributed by atoms with Gasteiger partial charge in [-0.3, -0.25) is 9.69 Å². The molecule has 3 amide bonds. The minimum Gasteiger partial charge on any atom is -0.494 e. The molecule has 0 aliphatic heterocycles. The number of nitrogens with zero attached hydrogens (tertiary/aromatic N) is 1. The van der Waals surface area contributed by atoms with Gasteiger partial charge in [0.2, 0.25) is 5.91 Å². The van der Waals surface area contributed by atoms with E-state index in [9.17, 15) is 9.59 Å². The number of urea groups is 1. The van der Waals surface area contributed by atoms with Gasteiger partial charge >= 0.3 is 6.03 Å². The molecule has 184 valence electrons. The van der Waals surface area contributed by atoms with Crippen LogP contribution in [0.1, 0.15) is 27.2 Å². The molecule has 3 aromatic rings. The van der Waals surface area contributed by atoms with Crippen molar-refractivity contribution in [1.29, 1.82) is 0 Å². The Labute approximate surface area is 207 Å². The van der Waals surface area contributed by atoms with E-state index >= 15 is 0 Å². The van der Waals surface area contributed by atoms with Crippen molar-refractivity contribution >= 4 is 23.3 Å². The molecular weight excluding hydrogens is 442 g/mol. The minimum atomic E-state index is -0.263. The number of para-hydroxylation sites is 1. The summed E-state index contributed by atoms with van der Waals surface area (Å²) in [6, 6.07) is 23.9. The summed E-state index contributed by atoms with van der Waals surface area (Å²) in [5.41, 5.74) is 1.39. The van der Waals surface area contributed by atoms with Gasteiger partial charge in [-0.05, 0) is 74.0 Å². The lowest BCUT2D eigenvalue weighted by Gasteiger charge is -2.24. The van der Waals surface area contributed by atoms with Gasteiger partial charge < -0.3 is 20.1 Å². The summed E-state index contributed by atoms with van der Waals surface area (Å²) in [6.45, 7) is 7.12. The molecule has 35 heavy (non-hydrogen) atoms. The molecule has 0 atom stereocenters. The van der Waals surface area contributed by atoms with E-state index in [0.717, 1.165) is 17.2 Å². The van der Waals surface area contributed by atoms with Crippen LogP contribution in [0.2, 0.25) is 0 Å². The average Bonchev–Trinajstić information content (AvgIpc) is 2.86. The van der Waals surface area contributed by atoms with Crippen LogP contribution >= 0.6 is 0 Å². The van der Waals surface area contributed by atoms with E-state index in [0.29, 0.717) is 37.6 Å². The molecule has 0 unspecified atom stereocenters. The standard InChI is InChI=1S/C28H33N3O4/c1-4-34-24-15-11-22(12-16-24)30-28(33)31(20-8-19-29-27(32)21(2)3)23-13-17-26(18-14-23)35-25-9-6-5-7-10-25/h5-7,9-18,21H,4,8,19-20H2,1-3H3,(H,29,32)(H,30,33). The SMILES string of the molecule is CCOc1ccc(NC(=O)N(CCCNC(=O)C(C)C)c2ccc(Oc3ccccc3)cc2)cc1. The summed E-state index contributed by atoms with van der Waals surface area (Å²) in [5.74, 6) is 2.09. The highest BCUT2D eigenvalue weighted by molar-refractivity contribution is 6.01. The number of hydrogen-bond acceptors (Lipinski definition) is 4. The van der Waals surface area contributed by atoms with Crippen molar-refractivity contribution < 1.29 is 19.1 Å². The molecule has 0 aliphatic rings. The van der Waals surface area contributed by atoms with Crippen molar-refractivity contribution in [3.05, 3.63) is 78.9 Å². The maximum absolute atomic E-state index is 13.2. The Balaban J connectivity index is 1.69. The maximum Gasteiger partial charge on any atom is 0.326 e. The van der Waals surface area contributed by atoms with Crippen LogP contribution < -0.4 is 25.0 Å². The molecule has 0 saturated carbocycles. The van der Waals surface area contributed by atoms with Crippen LogP contribution in [0.25, 0.3) is 0 Å². The maximum atomic E-state index is 13.2. The van der Waals surface area contributed by atoms with Crippen molar-refractivity contribution in [3.8, 4) is 17.2 Å². The van der Waals surface area contributed by atoms with Gasteiger partial charge in [0.25, 0.3) is 0 Å². The summed E-state index contributed by atoms with van der Waals surface area (Å²) in [4.78, 5) is 26.7. The number of rotatable bonds is 11. The van der Waals surface area contributed by atoms with Crippen LogP contribution in [0.15, 0.2) is 78.9 Å². The Morgan fingerprint density at radius 1 is 0.857 bits per heavy atom. The third-order valence-electron chi connectivity index (χ3n) is 5.17. The molecule has 0 bridgehead atoms. The van der Waals surface area contributed by atoms with Crippen LogP contribution in [0.3, 0.4) is 0 Å². The second-order valence-electron chi connectivity index (χ2n) is 8.25. The molecule has 7 nitrogen and oxygen atoms in total. The number of benzene rings is 3. The van der Waals surface area contributed by atoms with E-state index in [4.69, 9.17) is 9.47 Å². The normalized spacial score (nSPS) is 10.5. The van der Waals surface area contributed by atoms with Crippen LogP contribution in [0.4, 0.5) is 16.2 Å². The van der Waals surface area contributed by atoms with E-state index in [1.807, 2.05) is 87.5 Å². The zero-order valence-electron chi connectivity index (χ0n) is 20.5. The topological polar surface area (TPSA) is 79.9 Å². The number of nitrogens with one attached hydrogen (secondary N) is 2. The van der Waals surface area contributed by atoms with E-state index in [-0.39, 0.29) is 17.9 Å². The highest BCUT2D eigenvalue weighted by Gasteiger charge is 2.17. The largest absolute Gasteiger partial charge is 0.494 e. The third-order valence-corrected chi connectivity index (χ3v) is 5.17. The van der Waals surface area contributed by atoms with E-state index < -0.39 is 0 Å². The molecule has 0 aliphatic carbocycles. The molecule has 3 rings (SSSR count). The quantitative estimate of drug-likeness (QED) is 0.330. The second-order valence-corrected chi connectivity index (χ2v) is 8.25. The molecule has 2 N–H and O–H groups in total. The van der Waals surface area contributed by atoms with E-state index in [1.54, 1.807) is 17.0 Å². The lowest BCUT2D eigenvalue weighted by molar-refractivity contribution is -0.123. The molecule has 0 spiro atoms. The van der Waals surface area contributed by atoms with Gasteiger partial charge in [-0.15, -0.1) is 0 Å². The summed E-state index contributed by atoms with van der Waals surface area (Å²) in [5, 5.41) is 5.85. The summed E-state index contributed by atoms with van der Waals surface area (Å²) < 4.78 is 11.3. The van der Waals surface area contributed by atoms with Crippen LogP contribution in [-0.4, -0.2) is 31.6 Å². The Hall–Kier alpha value is -4.00. The Morgan fingerprint density at radius 2 is 1.49 bits per heavy atom. The first-order valence-electron chi connectivity index (χ1n) is 11.9. The molecule has 0 fully saturated rings. The fraction of sp³-hybridized carbons (Fsp3) is 0.286. The molecule has 0 saturated heterocycles. The predicted molar refractivity (Wildman–Crippen MR) is 139 cm³/mol. The fourth-order valence-electron chi connectivity index (χ4n) is 3.31. The van der Waals surface area contributed by atoms with Gasteiger partial charge in [-0.1, -0.05) is 32.0 Å². The first kappa shape index (κ1) is 25.6. The van der Waals surface area contributed by atoms with E-state index in [1.165, 1.54) is 0 Å². The number of anilines is 2. The van der Waals surface area contributed by atoms with Gasteiger partial charge in [0.05, 0.1) is 6.61 Å². The minimum absolute atomic E-state index is 0.00203. The number of hydrogen-bond donors (Lipinski definition) is 2. The third kappa shape index (κ3) is 8.07. The molecular formula is C28H33N3O4. The van der Waals surface area contributed by atoms with Gasteiger partial charge in [-0.25, -0.2) is 4.79 Å². The monoisotopic (exact) mass is 475 g/mol.